The molecule has 3 heteroatoms. The van der Waals surface area contributed by atoms with Crippen molar-refractivity contribution in [3.05, 3.63) is 41.2 Å². The maximum absolute atomic E-state index is 4.77. The Kier molecular flexibility index (Phi) is 3.62. The number of benzene rings is 1. The molecule has 1 fully saturated rings. The number of aromatic nitrogens is 2. The minimum Gasteiger partial charge on any atom is -0.312 e. The number of nitrogens with one attached hydrogen (secondary N) is 1. The molecular weight excluding hydrogens is 246 g/mol. The van der Waals surface area contributed by atoms with Crippen LogP contribution in [0.3, 0.4) is 0 Å². The van der Waals surface area contributed by atoms with Crippen molar-refractivity contribution in [3.63, 3.8) is 0 Å². The fraction of sp³-hybridized carbons (Fsp3) is 0.471. The van der Waals surface area contributed by atoms with Gasteiger partial charge in [-0.25, -0.2) is 0 Å². The molecule has 106 valence electrons. The summed E-state index contributed by atoms with van der Waals surface area (Å²) in [6.07, 6.45) is 2.55. The van der Waals surface area contributed by atoms with Crippen molar-refractivity contribution in [3.8, 4) is 11.1 Å². The Morgan fingerprint density at radius 1 is 1.25 bits per heavy atom. The SMILES string of the molecule is Cc1ccccc1-c1c(C)nn(CC2CCCN2)c1C. The zero-order valence-corrected chi connectivity index (χ0v) is 12.6. The van der Waals surface area contributed by atoms with Crippen LogP contribution in [0.5, 0.6) is 0 Å². The summed E-state index contributed by atoms with van der Waals surface area (Å²) >= 11 is 0. The van der Waals surface area contributed by atoms with Gasteiger partial charge in [0, 0.05) is 17.3 Å². The Morgan fingerprint density at radius 3 is 2.75 bits per heavy atom. The summed E-state index contributed by atoms with van der Waals surface area (Å²) < 4.78 is 2.18. The lowest BCUT2D eigenvalue weighted by Gasteiger charge is -2.12. The van der Waals surface area contributed by atoms with E-state index in [4.69, 9.17) is 5.10 Å². The molecule has 3 rings (SSSR count). The predicted molar refractivity (Wildman–Crippen MR) is 82.9 cm³/mol. The highest BCUT2D eigenvalue weighted by Crippen LogP contribution is 2.29. The molecule has 0 amide bonds. The zero-order chi connectivity index (χ0) is 14.1. The van der Waals surface area contributed by atoms with Gasteiger partial charge in [0.25, 0.3) is 0 Å². The van der Waals surface area contributed by atoms with Crippen molar-refractivity contribution in [2.75, 3.05) is 6.54 Å². The second-order valence-corrected chi connectivity index (χ2v) is 5.84. The largest absolute Gasteiger partial charge is 0.312 e. The number of hydrogen-bond donors (Lipinski definition) is 1. The molecular formula is C17H23N3. The van der Waals surface area contributed by atoms with Gasteiger partial charge in [-0.2, -0.15) is 5.10 Å². The van der Waals surface area contributed by atoms with Gasteiger partial charge in [-0.05, 0) is 51.3 Å². The van der Waals surface area contributed by atoms with Crippen LogP contribution in [0.25, 0.3) is 11.1 Å². The first-order valence-corrected chi connectivity index (χ1v) is 7.50. The molecule has 20 heavy (non-hydrogen) atoms. The molecule has 1 saturated heterocycles. The molecule has 1 N–H and O–H groups in total. The van der Waals surface area contributed by atoms with Crippen LogP contribution in [0.15, 0.2) is 24.3 Å². The summed E-state index contributed by atoms with van der Waals surface area (Å²) in [5.74, 6) is 0. The quantitative estimate of drug-likeness (QED) is 0.927. The second kappa shape index (κ2) is 5.41. The first-order valence-electron chi connectivity index (χ1n) is 7.50. The van der Waals surface area contributed by atoms with E-state index >= 15 is 0 Å². The van der Waals surface area contributed by atoms with E-state index in [-0.39, 0.29) is 0 Å². The van der Waals surface area contributed by atoms with E-state index in [0.717, 1.165) is 18.8 Å². The van der Waals surface area contributed by atoms with E-state index in [1.807, 2.05) is 0 Å². The molecule has 1 aliphatic rings. The molecule has 1 unspecified atom stereocenters. The maximum atomic E-state index is 4.77. The Hall–Kier alpha value is -1.61. The van der Waals surface area contributed by atoms with Crippen LogP contribution in [0.2, 0.25) is 0 Å². The molecule has 0 spiro atoms. The lowest BCUT2D eigenvalue weighted by Crippen LogP contribution is -2.27. The first-order chi connectivity index (χ1) is 9.66. The van der Waals surface area contributed by atoms with Crippen LogP contribution in [-0.2, 0) is 6.54 Å². The van der Waals surface area contributed by atoms with Gasteiger partial charge in [-0.1, -0.05) is 24.3 Å². The molecule has 2 heterocycles. The van der Waals surface area contributed by atoms with Crippen LogP contribution < -0.4 is 5.32 Å². The fourth-order valence-electron chi connectivity index (χ4n) is 3.24. The lowest BCUT2D eigenvalue weighted by molar-refractivity contribution is 0.467. The molecule has 1 aromatic heterocycles. The molecule has 0 aliphatic carbocycles. The van der Waals surface area contributed by atoms with Gasteiger partial charge in [0.2, 0.25) is 0 Å². The number of hydrogen-bond acceptors (Lipinski definition) is 2. The van der Waals surface area contributed by atoms with Gasteiger partial charge >= 0.3 is 0 Å². The second-order valence-electron chi connectivity index (χ2n) is 5.84. The fourth-order valence-corrected chi connectivity index (χ4v) is 3.24. The van der Waals surface area contributed by atoms with Crippen molar-refractivity contribution in [2.24, 2.45) is 0 Å². The summed E-state index contributed by atoms with van der Waals surface area (Å²) in [4.78, 5) is 0. The highest BCUT2D eigenvalue weighted by Gasteiger charge is 2.19. The Labute approximate surface area is 121 Å². The van der Waals surface area contributed by atoms with Crippen LogP contribution >= 0.6 is 0 Å². The van der Waals surface area contributed by atoms with Crippen molar-refractivity contribution < 1.29 is 0 Å². The first kappa shape index (κ1) is 13.4. The van der Waals surface area contributed by atoms with E-state index in [1.54, 1.807) is 0 Å². The third kappa shape index (κ3) is 2.38. The van der Waals surface area contributed by atoms with Gasteiger partial charge < -0.3 is 5.32 Å². The lowest BCUT2D eigenvalue weighted by atomic mass is 9.99. The summed E-state index contributed by atoms with van der Waals surface area (Å²) in [6, 6.07) is 9.15. The molecule has 1 atom stereocenters. The average molecular weight is 269 g/mol. The number of aryl methyl sites for hydroxylation is 2. The predicted octanol–water partition coefficient (Wildman–Crippen LogP) is 3.23. The molecule has 0 saturated carbocycles. The van der Waals surface area contributed by atoms with Crippen molar-refractivity contribution in [1.29, 1.82) is 0 Å². The zero-order valence-electron chi connectivity index (χ0n) is 12.6. The van der Waals surface area contributed by atoms with Gasteiger partial charge in [0.05, 0.1) is 12.2 Å². The van der Waals surface area contributed by atoms with Gasteiger partial charge in [-0.3, -0.25) is 4.68 Å². The molecule has 0 radical (unpaired) electrons. The summed E-state index contributed by atoms with van der Waals surface area (Å²) in [5, 5.41) is 8.32. The minimum absolute atomic E-state index is 0.581. The summed E-state index contributed by atoms with van der Waals surface area (Å²) in [6.45, 7) is 8.61. The van der Waals surface area contributed by atoms with E-state index < -0.39 is 0 Å². The average Bonchev–Trinajstić information content (AvgIpc) is 3.01. The molecule has 1 aliphatic heterocycles. The molecule has 0 bridgehead atoms. The van der Waals surface area contributed by atoms with Crippen molar-refractivity contribution >= 4 is 0 Å². The van der Waals surface area contributed by atoms with Crippen LogP contribution in [0.4, 0.5) is 0 Å². The van der Waals surface area contributed by atoms with Crippen LogP contribution in [-0.4, -0.2) is 22.4 Å². The van der Waals surface area contributed by atoms with Crippen molar-refractivity contribution in [1.82, 2.24) is 15.1 Å². The third-order valence-corrected chi connectivity index (χ3v) is 4.35. The van der Waals surface area contributed by atoms with Crippen LogP contribution in [0, 0.1) is 20.8 Å². The summed E-state index contributed by atoms with van der Waals surface area (Å²) in [7, 11) is 0. The van der Waals surface area contributed by atoms with Crippen molar-refractivity contribution in [2.45, 2.75) is 46.2 Å². The molecule has 3 nitrogen and oxygen atoms in total. The van der Waals surface area contributed by atoms with E-state index in [2.05, 4.69) is 55.0 Å². The van der Waals surface area contributed by atoms with Gasteiger partial charge in [0.15, 0.2) is 0 Å². The van der Waals surface area contributed by atoms with Crippen LogP contribution in [0.1, 0.15) is 29.8 Å². The summed E-state index contributed by atoms with van der Waals surface area (Å²) in [5.41, 5.74) is 6.35. The Balaban J connectivity index is 1.96. The number of nitrogens with zero attached hydrogens (tertiary/aromatic N) is 2. The molecule has 1 aromatic carbocycles. The highest BCUT2D eigenvalue weighted by atomic mass is 15.3. The van der Waals surface area contributed by atoms with E-state index in [1.165, 1.54) is 35.2 Å². The topological polar surface area (TPSA) is 29.9 Å². The highest BCUT2D eigenvalue weighted by molar-refractivity contribution is 5.71. The van der Waals surface area contributed by atoms with Gasteiger partial charge in [-0.15, -0.1) is 0 Å². The number of rotatable bonds is 3. The normalized spacial score (nSPS) is 18.6. The monoisotopic (exact) mass is 269 g/mol. The Morgan fingerprint density at radius 2 is 2.05 bits per heavy atom. The standard InChI is InChI=1S/C17H23N3/c1-12-7-4-5-9-16(12)17-13(2)19-20(14(17)3)11-15-8-6-10-18-15/h4-5,7,9,15,18H,6,8,10-11H2,1-3H3. The third-order valence-electron chi connectivity index (χ3n) is 4.35. The molecule has 2 aromatic rings. The van der Waals surface area contributed by atoms with Gasteiger partial charge in [0.1, 0.15) is 0 Å². The maximum Gasteiger partial charge on any atom is 0.0675 e. The van der Waals surface area contributed by atoms with E-state index in [0.29, 0.717) is 6.04 Å². The van der Waals surface area contributed by atoms with E-state index in [9.17, 15) is 0 Å². The smallest absolute Gasteiger partial charge is 0.0675 e. The Bertz CT molecular complexity index is 607. The minimum atomic E-state index is 0.581.